The number of unbranched alkanes of at least 4 members (excludes halogenated alkanes) is 1. The number of hydrogen-bond acceptors (Lipinski definition) is 0. The molecule has 35 heavy (non-hydrogen) atoms. The van der Waals surface area contributed by atoms with E-state index in [1.54, 1.807) is 48.5 Å². The minimum absolute atomic E-state index is 0.0557. The summed E-state index contributed by atoms with van der Waals surface area (Å²) in [5, 5.41) is 0. The average Bonchev–Trinajstić information content (AvgIpc) is 2.87. The summed E-state index contributed by atoms with van der Waals surface area (Å²) in [4.78, 5) is 0. The number of rotatable bonds is 7. The first-order valence-electron chi connectivity index (χ1n) is 12.6. The second-order valence-corrected chi connectivity index (χ2v) is 9.73. The predicted molar refractivity (Wildman–Crippen MR) is 135 cm³/mol. The Bertz CT molecular complexity index is 1190. The van der Waals surface area contributed by atoms with Gasteiger partial charge in [0.05, 0.1) is 0 Å². The molecule has 0 bridgehead atoms. The standard InChI is InChI=1S/C31H32F4/c1-3-4-5-6-7-24-16-17-25(29(33)28(24)32)22-12-14-23(15-13-22)27-19-18-26(30(34)31(27)35)21-10-8-20(2)9-11-21/h5-6,12-21H,3-4,7-11H2,1-2H3/b6-5-. The van der Waals surface area contributed by atoms with Crippen molar-refractivity contribution in [3.63, 3.8) is 0 Å². The van der Waals surface area contributed by atoms with Crippen molar-refractivity contribution in [2.75, 3.05) is 0 Å². The van der Waals surface area contributed by atoms with Gasteiger partial charge in [-0.1, -0.05) is 93.8 Å². The SMILES string of the molecule is CCC/C=C\Cc1ccc(-c2ccc(-c3ccc(C4CCC(C)CC4)c(F)c3F)cc2)c(F)c1F. The number of allylic oxidation sites excluding steroid dienone is 2. The van der Waals surface area contributed by atoms with Crippen LogP contribution in [0.4, 0.5) is 17.6 Å². The van der Waals surface area contributed by atoms with Crippen LogP contribution in [0.15, 0.2) is 60.7 Å². The first-order valence-corrected chi connectivity index (χ1v) is 12.6. The average molecular weight is 481 g/mol. The van der Waals surface area contributed by atoms with Gasteiger partial charge in [-0.3, -0.25) is 0 Å². The van der Waals surface area contributed by atoms with Crippen molar-refractivity contribution >= 4 is 0 Å². The smallest absolute Gasteiger partial charge is 0.166 e. The van der Waals surface area contributed by atoms with Crippen LogP contribution in [0.1, 0.15) is 69.4 Å². The van der Waals surface area contributed by atoms with Gasteiger partial charge < -0.3 is 0 Å². The highest BCUT2D eigenvalue weighted by molar-refractivity contribution is 5.71. The lowest BCUT2D eigenvalue weighted by atomic mass is 9.79. The molecule has 0 radical (unpaired) electrons. The molecule has 0 amide bonds. The molecule has 0 atom stereocenters. The van der Waals surface area contributed by atoms with E-state index in [9.17, 15) is 13.2 Å². The maximum Gasteiger partial charge on any atom is 0.166 e. The summed E-state index contributed by atoms with van der Waals surface area (Å²) in [7, 11) is 0. The van der Waals surface area contributed by atoms with Gasteiger partial charge in [0.25, 0.3) is 0 Å². The topological polar surface area (TPSA) is 0 Å². The summed E-state index contributed by atoms with van der Waals surface area (Å²) in [5.41, 5.74) is 2.04. The Morgan fingerprint density at radius 3 is 1.86 bits per heavy atom. The van der Waals surface area contributed by atoms with E-state index in [1.807, 2.05) is 12.2 Å². The molecule has 1 aliphatic rings. The normalized spacial score (nSPS) is 18.3. The van der Waals surface area contributed by atoms with Crippen molar-refractivity contribution < 1.29 is 17.6 Å². The van der Waals surface area contributed by atoms with Gasteiger partial charge in [0.15, 0.2) is 23.3 Å². The van der Waals surface area contributed by atoms with Crippen LogP contribution < -0.4 is 0 Å². The Morgan fingerprint density at radius 2 is 1.26 bits per heavy atom. The fourth-order valence-electron chi connectivity index (χ4n) is 4.97. The van der Waals surface area contributed by atoms with Gasteiger partial charge >= 0.3 is 0 Å². The molecule has 184 valence electrons. The van der Waals surface area contributed by atoms with Crippen molar-refractivity contribution in [1.82, 2.24) is 0 Å². The van der Waals surface area contributed by atoms with Crippen LogP contribution in [0.3, 0.4) is 0 Å². The molecule has 3 aromatic rings. The van der Waals surface area contributed by atoms with Gasteiger partial charge in [-0.2, -0.15) is 0 Å². The van der Waals surface area contributed by atoms with Crippen LogP contribution in [-0.4, -0.2) is 0 Å². The van der Waals surface area contributed by atoms with Gasteiger partial charge in [0, 0.05) is 11.1 Å². The Morgan fingerprint density at radius 1 is 0.686 bits per heavy atom. The predicted octanol–water partition coefficient (Wildman–Crippen LogP) is 9.77. The number of benzene rings is 3. The molecule has 0 N–H and O–H groups in total. The molecule has 0 nitrogen and oxygen atoms in total. The molecule has 0 saturated heterocycles. The maximum atomic E-state index is 15.0. The zero-order chi connectivity index (χ0) is 24.9. The van der Waals surface area contributed by atoms with E-state index >= 15 is 4.39 Å². The van der Waals surface area contributed by atoms with Crippen molar-refractivity contribution in [3.05, 3.63) is 95.1 Å². The van der Waals surface area contributed by atoms with E-state index in [2.05, 4.69) is 13.8 Å². The van der Waals surface area contributed by atoms with Gasteiger partial charge in [0.2, 0.25) is 0 Å². The Hall–Kier alpha value is -2.88. The fraction of sp³-hybridized carbons (Fsp3) is 0.355. The van der Waals surface area contributed by atoms with Crippen LogP contribution >= 0.6 is 0 Å². The van der Waals surface area contributed by atoms with E-state index < -0.39 is 23.3 Å². The Balaban J connectivity index is 1.55. The van der Waals surface area contributed by atoms with E-state index in [1.165, 1.54) is 0 Å². The van der Waals surface area contributed by atoms with Crippen LogP contribution in [0, 0.1) is 29.2 Å². The highest BCUT2D eigenvalue weighted by Crippen LogP contribution is 2.39. The summed E-state index contributed by atoms with van der Waals surface area (Å²) in [6.45, 7) is 4.25. The third-order valence-corrected chi connectivity index (χ3v) is 7.20. The first-order chi connectivity index (χ1) is 16.9. The Kier molecular flexibility index (Phi) is 8.10. The van der Waals surface area contributed by atoms with Crippen molar-refractivity contribution in [2.24, 2.45) is 5.92 Å². The lowest BCUT2D eigenvalue weighted by Crippen LogP contribution is -2.13. The molecule has 0 spiro atoms. The van der Waals surface area contributed by atoms with Crippen LogP contribution in [0.5, 0.6) is 0 Å². The molecule has 0 aliphatic heterocycles. The third kappa shape index (κ3) is 5.52. The largest absolute Gasteiger partial charge is 0.203 e. The van der Waals surface area contributed by atoms with Crippen molar-refractivity contribution in [1.29, 1.82) is 0 Å². The summed E-state index contributed by atoms with van der Waals surface area (Å²) < 4.78 is 59.4. The summed E-state index contributed by atoms with van der Waals surface area (Å²) in [6.07, 6.45) is 9.87. The molecule has 1 fully saturated rings. The van der Waals surface area contributed by atoms with E-state index in [0.29, 0.717) is 34.6 Å². The zero-order valence-electron chi connectivity index (χ0n) is 20.4. The summed E-state index contributed by atoms with van der Waals surface area (Å²) in [6, 6.07) is 13.0. The molecular weight excluding hydrogens is 448 g/mol. The quantitative estimate of drug-likeness (QED) is 0.233. The van der Waals surface area contributed by atoms with E-state index in [0.717, 1.165) is 38.5 Å². The van der Waals surface area contributed by atoms with Gasteiger partial charge in [-0.05, 0) is 59.8 Å². The monoisotopic (exact) mass is 480 g/mol. The molecule has 1 aliphatic carbocycles. The Labute approximate surface area is 205 Å². The number of halogens is 4. The van der Waals surface area contributed by atoms with Crippen LogP contribution in [-0.2, 0) is 6.42 Å². The molecule has 0 aromatic heterocycles. The summed E-state index contributed by atoms with van der Waals surface area (Å²) >= 11 is 0. The lowest BCUT2D eigenvalue weighted by molar-refractivity contribution is 0.339. The van der Waals surface area contributed by atoms with Crippen LogP contribution in [0.2, 0.25) is 0 Å². The lowest BCUT2D eigenvalue weighted by Gasteiger charge is -2.27. The highest BCUT2D eigenvalue weighted by atomic mass is 19.2. The molecule has 1 saturated carbocycles. The van der Waals surface area contributed by atoms with Gasteiger partial charge in [0.1, 0.15) is 0 Å². The van der Waals surface area contributed by atoms with Crippen molar-refractivity contribution in [3.8, 4) is 22.3 Å². The molecule has 4 heteroatoms. The molecule has 4 rings (SSSR count). The highest BCUT2D eigenvalue weighted by Gasteiger charge is 2.25. The minimum atomic E-state index is -0.900. The zero-order valence-corrected chi connectivity index (χ0v) is 20.4. The third-order valence-electron chi connectivity index (χ3n) is 7.20. The van der Waals surface area contributed by atoms with Gasteiger partial charge in [-0.25, -0.2) is 17.6 Å². The van der Waals surface area contributed by atoms with Crippen molar-refractivity contribution in [2.45, 2.75) is 64.7 Å². The fourth-order valence-corrected chi connectivity index (χ4v) is 4.97. The molecule has 0 unspecified atom stereocenters. The van der Waals surface area contributed by atoms with E-state index in [4.69, 9.17) is 0 Å². The molecule has 3 aromatic carbocycles. The van der Waals surface area contributed by atoms with Gasteiger partial charge in [-0.15, -0.1) is 0 Å². The van der Waals surface area contributed by atoms with Crippen LogP contribution in [0.25, 0.3) is 22.3 Å². The second kappa shape index (κ2) is 11.2. The maximum absolute atomic E-state index is 15.0. The minimum Gasteiger partial charge on any atom is -0.203 e. The summed E-state index contributed by atoms with van der Waals surface area (Å²) in [5.74, 6) is -2.69. The second-order valence-electron chi connectivity index (χ2n) is 9.73. The number of hydrogen-bond donors (Lipinski definition) is 0. The molecular formula is C31H32F4. The van der Waals surface area contributed by atoms with E-state index in [-0.39, 0.29) is 17.0 Å². The molecule has 0 heterocycles. The first kappa shape index (κ1) is 25.2.